The minimum atomic E-state index is 0. The molecule has 0 fully saturated rings. The Morgan fingerprint density at radius 2 is 1.25 bits per heavy atom. The van der Waals surface area contributed by atoms with Gasteiger partial charge in [0.1, 0.15) is 0 Å². The van der Waals surface area contributed by atoms with Crippen molar-refractivity contribution in [2.75, 3.05) is 0 Å². The molecule has 0 unspecified atom stereocenters. The second kappa shape index (κ2) is 90.1. The van der Waals surface area contributed by atoms with E-state index < -0.39 is 0 Å². The maximum Gasteiger partial charge on any atom is 1.00 e. The Morgan fingerprint density at radius 3 is 1.25 bits per heavy atom. The molecule has 0 atom stereocenters. The van der Waals surface area contributed by atoms with Crippen molar-refractivity contribution in [3.05, 3.63) is 7.43 Å². The van der Waals surface area contributed by atoms with Crippen LogP contribution in [0.2, 0.25) is 0 Å². The van der Waals surface area contributed by atoms with Gasteiger partial charge in [0, 0.05) is 6.57 Å². The molecule has 0 N–H and O–H groups in total. The summed E-state index contributed by atoms with van der Waals surface area (Å²) in [6.45, 7) is 3.50. The fraction of sp³-hybridized carbons (Fsp3) is 0. The standard InChI is InChI=1S/CHN.CH3.Na/c1-2;;/h1H;1H3;/q;-1;+1. The van der Waals surface area contributed by atoms with E-state index in [9.17, 15) is 0 Å². The van der Waals surface area contributed by atoms with Gasteiger partial charge in [0.15, 0.2) is 0 Å². The Labute approximate surface area is 48.9 Å². The molecule has 0 aliphatic heterocycles. The van der Waals surface area contributed by atoms with Crippen LogP contribution in [0, 0.1) is 19.3 Å². The van der Waals surface area contributed by atoms with Gasteiger partial charge in [-0.05, 0) is 0 Å². The second-order valence-electron chi connectivity index (χ2n) is 0. The molecule has 0 aliphatic rings. The summed E-state index contributed by atoms with van der Waals surface area (Å²) in [4.78, 5) is 0. The van der Waals surface area contributed by atoms with E-state index in [1.54, 1.807) is 0 Å². The fourth-order valence-electron chi connectivity index (χ4n) is 0. The summed E-state index contributed by atoms with van der Waals surface area (Å²) in [5, 5.41) is 6.50. The molecular weight excluding hydrogens is 61.0 g/mol. The molecule has 0 saturated carbocycles. The van der Waals surface area contributed by atoms with Gasteiger partial charge in [0.05, 0.1) is 0 Å². The van der Waals surface area contributed by atoms with Crippen LogP contribution >= 0.6 is 0 Å². The number of nitriles is 1. The van der Waals surface area contributed by atoms with Gasteiger partial charge < -0.3 is 7.43 Å². The summed E-state index contributed by atoms with van der Waals surface area (Å²) in [6.07, 6.45) is 0. The molecule has 2 heteroatoms. The quantitative estimate of drug-likeness (QED) is 0.228. The van der Waals surface area contributed by atoms with Crippen molar-refractivity contribution < 1.29 is 29.6 Å². The molecule has 0 bridgehead atoms. The van der Waals surface area contributed by atoms with Crippen molar-refractivity contribution in [3.63, 3.8) is 0 Å². The van der Waals surface area contributed by atoms with Crippen molar-refractivity contribution in [2.24, 2.45) is 0 Å². The minimum Gasteiger partial charge on any atom is -0.358 e. The normalized spacial score (nSPS) is 0.500. The van der Waals surface area contributed by atoms with E-state index >= 15 is 0 Å². The number of nitrogens with zero attached hydrogens (tertiary/aromatic N) is 1. The molecule has 1 nitrogen and oxygen atoms in total. The van der Waals surface area contributed by atoms with Crippen LogP contribution in [-0.2, 0) is 0 Å². The summed E-state index contributed by atoms with van der Waals surface area (Å²) < 4.78 is 0. The third-order valence-electron chi connectivity index (χ3n) is 0. The largest absolute Gasteiger partial charge is 1.00 e. The maximum atomic E-state index is 6.50. The first-order valence-corrected chi connectivity index (χ1v) is 0.258. The Kier molecular flexibility index (Phi) is 555. The summed E-state index contributed by atoms with van der Waals surface area (Å²) in [5.41, 5.74) is 0. The average Bonchev–Trinajstić information content (AvgIpc) is 1.00. The minimum absolute atomic E-state index is 0. The van der Waals surface area contributed by atoms with E-state index in [0.29, 0.717) is 0 Å². The van der Waals surface area contributed by atoms with Crippen LogP contribution in [-0.4, -0.2) is 0 Å². The van der Waals surface area contributed by atoms with Crippen molar-refractivity contribution >= 4 is 0 Å². The molecule has 0 radical (unpaired) electrons. The first-order valence-electron chi connectivity index (χ1n) is 0.258. The Bertz CT molecular complexity index is 10.8. The number of hydrogen-bond acceptors (Lipinski definition) is 1. The van der Waals surface area contributed by atoms with Crippen molar-refractivity contribution in [1.82, 2.24) is 0 Å². The van der Waals surface area contributed by atoms with Crippen LogP contribution in [0.3, 0.4) is 0 Å². The molecule has 0 spiro atoms. The smallest absolute Gasteiger partial charge is 0.358 e. The Morgan fingerprint density at radius 1 is 1.25 bits per heavy atom. The molecule has 0 aliphatic carbocycles. The number of rotatable bonds is 0. The van der Waals surface area contributed by atoms with E-state index in [1.807, 2.05) is 0 Å². The van der Waals surface area contributed by atoms with Gasteiger partial charge in [-0.3, -0.25) is 0 Å². The Hall–Kier alpha value is 0.490. The van der Waals surface area contributed by atoms with Crippen LogP contribution in [0.15, 0.2) is 0 Å². The molecule has 0 aromatic rings. The Balaban J connectivity index is -0.00000000500. The zero-order valence-electron chi connectivity index (χ0n) is 3.02. The SMILES string of the molecule is C#N.[CH3-].[Na+]. The third-order valence-corrected chi connectivity index (χ3v) is 0. The summed E-state index contributed by atoms with van der Waals surface area (Å²) in [7, 11) is 0. The van der Waals surface area contributed by atoms with Gasteiger partial charge in [-0.2, -0.15) is 0 Å². The van der Waals surface area contributed by atoms with E-state index in [-0.39, 0.29) is 37.0 Å². The van der Waals surface area contributed by atoms with Crippen LogP contribution in [0.5, 0.6) is 0 Å². The van der Waals surface area contributed by atoms with Gasteiger partial charge in [0.25, 0.3) is 0 Å². The molecule has 0 aromatic heterocycles. The average molecular weight is 65.1 g/mol. The predicted molar refractivity (Wildman–Crippen MR) is 13.1 cm³/mol. The van der Waals surface area contributed by atoms with Crippen LogP contribution in [0.1, 0.15) is 0 Å². The van der Waals surface area contributed by atoms with Crippen LogP contribution in [0.25, 0.3) is 0 Å². The zero-order chi connectivity index (χ0) is 2.00. The monoisotopic (exact) mass is 65.0 g/mol. The third kappa shape index (κ3) is 23.0. The van der Waals surface area contributed by atoms with Crippen molar-refractivity contribution in [2.45, 2.75) is 0 Å². The fourth-order valence-corrected chi connectivity index (χ4v) is 0. The molecule has 0 rings (SSSR count). The molecule has 0 amide bonds. The molecule has 18 valence electrons. The van der Waals surface area contributed by atoms with E-state index in [1.165, 1.54) is 0 Å². The van der Waals surface area contributed by atoms with E-state index in [0.717, 1.165) is 0 Å². The molecule has 4 heavy (non-hydrogen) atoms. The van der Waals surface area contributed by atoms with Crippen LogP contribution in [0.4, 0.5) is 0 Å². The van der Waals surface area contributed by atoms with E-state index in [4.69, 9.17) is 5.26 Å². The molecule has 0 heterocycles. The molecular formula is C2H4NNa. The van der Waals surface area contributed by atoms with Crippen molar-refractivity contribution in [1.29, 1.82) is 5.26 Å². The summed E-state index contributed by atoms with van der Waals surface area (Å²) >= 11 is 0. The second-order valence-corrected chi connectivity index (χ2v) is 0. The van der Waals surface area contributed by atoms with E-state index in [2.05, 4.69) is 6.57 Å². The summed E-state index contributed by atoms with van der Waals surface area (Å²) in [5.74, 6) is 0. The van der Waals surface area contributed by atoms with Gasteiger partial charge in [-0.1, -0.05) is 0 Å². The first kappa shape index (κ1) is 24.6. The maximum absolute atomic E-state index is 6.50. The van der Waals surface area contributed by atoms with Gasteiger partial charge in [0.2, 0.25) is 0 Å². The van der Waals surface area contributed by atoms with Crippen LogP contribution < -0.4 is 29.6 Å². The van der Waals surface area contributed by atoms with Gasteiger partial charge in [-0.15, -0.1) is 0 Å². The van der Waals surface area contributed by atoms with Gasteiger partial charge >= 0.3 is 29.6 Å². The van der Waals surface area contributed by atoms with Gasteiger partial charge in [-0.25, -0.2) is 5.26 Å². The van der Waals surface area contributed by atoms with Crippen molar-refractivity contribution in [3.8, 4) is 6.57 Å². The zero-order valence-corrected chi connectivity index (χ0v) is 5.02. The summed E-state index contributed by atoms with van der Waals surface area (Å²) in [6, 6.07) is 0. The topological polar surface area (TPSA) is 23.8 Å². The first-order chi connectivity index (χ1) is 1.00. The number of hydrogen-bond donors (Lipinski definition) is 0. The predicted octanol–water partition coefficient (Wildman–Crippen LogP) is -2.41. The molecule has 0 saturated heterocycles. The molecule has 0 aromatic carbocycles.